The molecular formula is C25H17N3. The Morgan fingerprint density at radius 2 is 1.57 bits per heavy atom. The van der Waals surface area contributed by atoms with Crippen molar-refractivity contribution in [1.82, 2.24) is 9.97 Å². The monoisotopic (exact) mass is 359 g/mol. The van der Waals surface area contributed by atoms with Crippen LogP contribution in [0.5, 0.6) is 0 Å². The first-order valence-electron chi connectivity index (χ1n) is 9.81. The van der Waals surface area contributed by atoms with E-state index in [9.17, 15) is 0 Å². The van der Waals surface area contributed by atoms with Gasteiger partial charge in [0.1, 0.15) is 0 Å². The van der Waals surface area contributed by atoms with Crippen molar-refractivity contribution in [2.45, 2.75) is 19.3 Å². The number of hydrogen-bond donors (Lipinski definition) is 0. The summed E-state index contributed by atoms with van der Waals surface area (Å²) in [5, 5.41) is 0. The summed E-state index contributed by atoms with van der Waals surface area (Å²) in [7, 11) is 0. The minimum atomic E-state index is 0.876. The first-order valence-corrected chi connectivity index (χ1v) is 9.81. The molecule has 0 radical (unpaired) electrons. The van der Waals surface area contributed by atoms with Gasteiger partial charge in [-0.05, 0) is 63.6 Å². The number of pyridine rings is 2. The summed E-state index contributed by atoms with van der Waals surface area (Å²) in [6.07, 6.45) is 8.73. The quantitative estimate of drug-likeness (QED) is 0.367. The highest BCUT2D eigenvalue weighted by atomic mass is 15.2. The molecule has 0 unspecified atom stereocenters. The molecule has 0 saturated carbocycles. The molecular weight excluding hydrogens is 342 g/mol. The first-order chi connectivity index (χ1) is 13.9. The van der Waals surface area contributed by atoms with Crippen LogP contribution in [-0.2, 0) is 19.3 Å². The van der Waals surface area contributed by atoms with Crippen molar-refractivity contribution < 1.29 is 0 Å². The summed E-state index contributed by atoms with van der Waals surface area (Å²) in [5.41, 5.74) is 14.6. The maximum Gasteiger partial charge on any atom is 0.0716 e. The van der Waals surface area contributed by atoms with E-state index in [-0.39, 0.29) is 0 Å². The zero-order chi connectivity index (χ0) is 18.2. The van der Waals surface area contributed by atoms with E-state index >= 15 is 0 Å². The topological polar surface area (TPSA) is 29.0 Å². The van der Waals surface area contributed by atoms with E-state index in [0.29, 0.717) is 0 Å². The normalized spacial score (nSPS) is 14.6. The summed E-state index contributed by atoms with van der Waals surface area (Å²) in [4.78, 5) is 11.6. The molecule has 28 heavy (non-hydrogen) atoms. The second-order valence-electron chi connectivity index (χ2n) is 7.93. The van der Waals surface area contributed by atoms with Crippen molar-refractivity contribution in [1.29, 1.82) is 0 Å². The third-order valence-electron chi connectivity index (χ3n) is 6.41. The molecule has 7 rings (SSSR count). The Labute approximate surface area is 163 Å². The van der Waals surface area contributed by atoms with Crippen molar-refractivity contribution >= 4 is 17.1 Å². The molecule has 3 nitrogen and oxygen atoms in total. The lowest BCUT2D eigenvalue weighted by molar-refractivity contribution is 0.952. The summed E-state index contributed by atoms with van der Waals surface area (Å²) in [5.74, 6) is 0. The van der Waals surface area contributed by atoms with Crippen molar-refractivity contribution in [3.63, 3.8) is 0 Å². The Hall–Kier alpha value is -3.46. The van der Waals surface area contributed by atoms with Gasteiger partial charge in [0.15, 0.2) is 0 Å². The van der Waals surface area contributed by atoms with Gasteiger partial charge in [0.2, 0.25) is 0 Å². The molecule has 132 valence electrons. The molecule has 2 aliphatic heterocycles. The van der Waals surface area contributed by atoms with Gasteiger partial charge in [0.05, 0.1) is 29.0 Å². The third kappa shape index (κ3) is 1.79. The molecule has 4 heterocycles. The van der Waals surface area contributed by atoms with Crippen LogP contribution < -0.4 is 4.90 Å². The Morgan fingerprint density at radius 1 is 0.679 bits per heavy atom. The Balaban J connectivity index is 1.53. The van der Waals surface area contributed by atoms with Gasteiger partial charge in [-0.25, -0.2) is 0 Å². The summed E-state index contributed by atoms with van der Waals surface area (Å²) in [6.45, 7) is 0. The lowest BCUT2D eigenvalue weighted by Gasteiger charge is -2.38. The van der Waals surface area contributed by atoms with E-state index in [1.54, 1.807) is 0 Å². The Morgan fingerprint density at radius 3 is 2.57 bits per heavy atom. The van der Waals surface area contributed by atoms with Crippen LogP contribution in [0.3, 0.4) is 0 Å². The Bertz CT molecular complexity index is 1310. The van der Waals surface area contributed by atoms with E-state index in [1.165, 1.54) is 61.7 Å². The third-order valence-corrected chi connectivity index (χ3v) is 6.41. The lowest BCUT2D eigenvalue weighted by atomic mass is 9.88. The van der Waals surface area contributed by atoms with Gasteiger partial charge in [0.25, 0.3) is 0 Å². The van der Waals surface area contributed by atoms with Gasteiger partial charge < -0.3 is 4.90 Å². The maximum absolute atomic E-state index is 4.73. The number of fused-ring (bicyclic) bond motifs is 7. The summed E-state index contributed by atoms with van der Waals surface area (Å²) < 4.78 is 0. The van der Waals surface area contributed by atoms with Gasteiger partial charge in [-0.1, -0.05) is 30.3 Å². The number of rotatable bonds is 0. The fraction of sp³-hybridized carbons (Fsp3) is 0.120. The lowest BCUT2D eigenvalue weighted by Crippen LogP contribution is -2.25. The maximum atomic E-state index is 4.73. The van der Waals surface area contributed by atoms with E-state index < -0.39 is 0 Å². The molecule has 0 spiro atoms. The molecule has 2 aromatic heterocycles. The van der Waals surface area contributed by atoms with Crippen LogP contribution in [0.25, 0.3) is 11.1 Å². The van der Waals surface area contributed by atoms with Gasteiger partial charge in [-0.15, -0.1) is 0 Å². The predicted octanol–water partition coefficient (Wildman–Crippen LogP) is 5.33. The van der Waals surface area contributed by atoms with E-state index in [4.69, 9.17) is 4.98 Å². The van der Waals surface area contributed by atoms with E-state index in [2.05, 4.69) is 58.4 Å². The van der Waals surface area contributed by atoms with Crippen molar-refractivity contribution in [3.05, 3.63) is 101 Å². The van der Waals surface area contributed by atoms with E-state index in [0.717, 1.165) is 19.3 Å². The fourth-order valence-electron chi connectivity index (χ4n) is 5.18. The highest BCUT2D eigenvalue weighted by Crippen LogP contribution is 2.51. The molecule has 3 aliphatic rings. The molecule has 4 aromatic rings. The molecule has 0 bridgehead atoms. The van der Waals surface area contributed by atoms with Crippen LogP contribution in [0.4, 0.5) is 17.1 Å². The van der Waals surface area contributed by atoms with Crippen LogP contribution in [0.15, 0.2) is 67.1 Å². The number of nitrogens with zero attached hydrogens (tertiary/aromatic N) is 3. The molecule has 0 N–H and O–H groups in total. The van der Waals surface area contributed by atoms with Crippen LogP contribution in [-0.4, -0.2) is 9.97 Å². The standard InChI is InChI=1S/C25H17N3/c1-2-4-20-15(3-1)9-18-11-19-10-17-6-8-27-22-12-16-5-7-26-14-24(16)28(25(17)22)23(19)13-21(18)20/h1-8,11,13-14H,9-10,12H2. The van der Waals surface area contributed by atoms with E-state index in [1.807, 2.05) is 18.6 Å². The van der Waals surface area contributed by atoms with Crippen LogP contribution >= 0.6 is 0 Å². The van der Waals surface area contributed by atoms with Gasteiger partial charge in [0, 0.05) is 25.2 Å². The first kappa shape index (κ1) is 14.6. The minimum Gasteiger partial charge on any atom is -0.306 e. The van der Waals surface area contributed by atoms with Crippen LogP contribution in [0.2, 0.25) is 0 Å². The molecule has 2 aromatic carbocycles. The molecule has 1 aliphatic carbocycles. The van der Waals surface area contributed by atoms with Gasteiger partial charge in [-0.2, -0.15) is 0 Å². The van der Waals surface area contributed by atoms with Crippen LogP contribution in [0.1, 0.15) is 33.5 Å². The number of hydrogen-bond acceptors (Lipinski definition) is 3. The summed E-state index contributed by atoms with van der Waals surface area (Å²) in [6, 6.07) is 17.9. The number of benzene rings is 2. The van der Waals surface area contributed by atoms with Gasteiger partial charge >= 0.3 is 0 Å². The minimum absolute atomic E-state index is 0.876. The predicted molar refractivity (Wildman–Crippen MR) is 111 cm³/mol. The number of aromatic nitrogens is 2. The zero-order valence-electron chi connectivity index (χ0n) is 15.3. The van der Waals surface area contributed by atoms with Crippen molar-refractivity contribution in [2.75, 3.05) is 4.90 Å². The molecule has 3 heteroatoms. The highest BCUT2D eigenvalue weighted by Gasteiger charge is 2.33. The largest absolute Gasteiger partial charge is 0.306 e. The fourth-order valence-corrected chi connectivity index (χ4v) is 5.18. The zero-order valence-corrected chi connectivity index (χ0v) is 15.3. The van der Waals surface area contributed by atoms with Crippen molar-refractivity contribution in [3.8, 4) is 11.1 Å². The summed E-state index contributed by atoms with van der Waals surface area (Å²) >= 11 is 0. The average molecular weight is 359 g/mol. The smallest absolute Gasteiger partial charge is 0.0716 e. The van der Waals surface area contributed by atoms with Gasteiger partial charge in [-0.3, -0.25) is 9.97 Å². The second-order valence-corrected chi connectivity index (χ2v) is 7.93. The average Bonchev–Trinajstić information content (AvgIpc) is 3.09. The molecule has 0 saturated heterocycles. The Kier molecular flexibility index (Phi) is 2.64. The second kappa shape index (κ2) is 5.08. The molecule has 0 fully saturated rings. The van der Waals surface area contributed by atoms with Crippen LogP contribution in [0, 0.1) is 0 Å². The van der Waals surface area contributed by atoms with Crippen molar-refractivity contribution in [2.24, 2.45) is 0 Å². The highest BCUT2D eigenvalue weighted by molar-refractivity contribution is 5.91. The molecule has 0 amide bonds. The number of anilines is 3. The molecule has 0 atom stereocenters. The SMILES string of the molecule is c1ccc2c(c1)Cc1cc3c(cc1-2)N1c2cnccc2Cc2nccc(c21)C3.